The van der Waals surface area contributed by atoms with Gasteiger partial charge in [0.25, 0.3) is 0 Å². The van der Waals surface area contributed by atoms with Crippen molar-refractivity contribution >= 4 is 11.6 Å². The molecular weight excluding hydrogens is 202 g/mol. The lowest BCUT2D eigenvalue weighted by atomic mass is 10.0. The predicted octanol–water partition coefficient (Wildman–Crippen LogP) is 1.41. The van der Waals surface area contributed by atoms with E-state index in [9.17, 15) is 10.2 Å². The molecule has 1 rings (SSSR count). The summed E-state index contributed by atoms with van der Waals surface area (Å²) in [6.07, 6.45) is 0.300. The van der Waals surface area contributed by atoms with Crippen molar-refractivity contribution in [2.24, 2.45) is 0 Å². The molecule has 0 fully saturated rings. The molecule has 0 aliphatic heterocycles. The maximum absolute atomic E-state index is 9.75. The molecule has 0 amide bonds. The molecule has 0 aliphatic rings. The van der Waals surface area contributed by atoms with Gasteiger partial charge in [-0.15, -0.1) is 11.6 Å². The van der Waals surface area contributed by atoms with Crippen LogP contribution >= 0.6 is 11.6 Å². The van der Waals surface area contributed by atoms with Crippen LogP contribution in [-0.2, 0) is 0 Å². The predicted molar refractivity (Wildman–Crippen MR) is 55.3 cm³/mol. The second-order valence-corrected chi connectivity index (χ2v) is 3.55. The average Bonchev–Trinajstić information content (AvgIpc) is 2.18. The zero-order valence-electron chi connectivity index (χ0n) is 8.02. The Labute approximate surface area is 88.4 Å². The summed E-state index contributed by atoms with van der Waals surface area (Å²) in [5.74, 6) is 0.331. The van der Waals surface area contributed by atoms with Crippen LogP contribution < -0.4 is 0 Å². The van der Waals surface area contributed by atoms with Gasteiger partial charge in [-0.05, 0) is 19.4 Å². The third-order valence-electron chi connectivity index (χ3n) is 2.14. The van der Waals surface area contributed by atoms with Crippen molar-refractivity contribution in [1.82, 2.24) is 4.98 Å². The average molecular weight is 216 g/mol. The summed E-state index contributed by atoms with van der Waals surface area (Å²) in [5.41, 5.74) is 1.39. The molecule has 1 aromatic rings. The first kappa shape index (κ1) is 11.4. The number of halogens is 1. The molecule has 2 N–H and O–H groups in total. The summed E-state index contributed by atoms with van der Waals surface area (Å²) in [7, 11) is 0. The van der Waals surface area contributed by atoms with E-state index in [1.165, 1.54) is 0 Å². The van der Waals surface area contributed by atoms with Gasteiger partial charge in [-0.25, -0.2) is 0 Å². The molecule has 0 bridgehead atoms. The van der Waals surface area contributed by atoms with Crippen LogP contribution in [0.15, 0.2) is 18.3 Å². The Morgan fingerprint density at radius 1 is 1.50 bits per heavy atom. The standard InChI is InChI=1S/C10H14ClNO2/c1-7-8(3-2-6-12-7)10(14)9(13)4-5-11/h2-3,6,9-10,13-14H,4-5H2,1H3. The lowest BCUT2D eigenvalue weighted by Crippen LogP contribution is -2.19. The van der Waals surface area contributed by atoms with Crippen LogP contribution in [-0.4, -0.2) is 27.2 Å². The Balaban J connectivity index is 2.78. The van der Waals surface area contributed by atoms with Gasteiger partial charge in [-0.3, -0.25) is 4.98 Å². The van der Waals surface area contributed by atoms with Gasteiger partial charge in [0.1, 0.15) is 6.10 Å². The molecule has 4 heteroatoms. The third-order valence-corrected chi connectivity index (χ3v) is 2.35. The Morgan fingerprint density at radius 2 is 2.21 bits per heavy atom. The molecule has 0 saturated heterocycles. The van der Waals surface area contributed by atoms with Crippen molar-refractivity contribution in [1.29, 1.82) is 0 Å². The largest absolute Gasteiger partial charge is 0.390 e. The third kappa shape index (κ3) is 2.67. The molecule has 0 aromatic carbocycles. The number of pyridine rings is 1. The van der Waals surface area contributed by atoms with E-state index in [0.29, 0.717) is 17.9 Å². The second-order valence-electron chi connectivity index (χ2n) is 3.17. The van der Waals surface area contributed by atoms with E-state index in [0.717, 1.165) is 5.69 Å². The van der Waals surface area contributed by atoms with E-state index in [4.69, 9.17) is 11.6 Å². The first-order chi connectivity index (χ1) is 6.66. The van der Waals surface area contributed by atoms with Crippen molar-refractivity contribution < 1.29 is 10.2 Å². The van der Waals surface area contributed by atoms with Gasteiger partial charge in [0.05, 0.1) is 6.10 Å². The van der Waals surface area contributed by atoms with E-state index in [1.54, 1.807) is 25.3 Å². The highest BCUT2D eigenvalue weighted by molar-refractivity contribution is 6.17. The number of aliphatic hydroxyl groups is 2. The molecule has 0 radical (unpaired) electrons. The molecule has 0 aliphatic carbocycles. The number of hydrogen-bond donors (Lipinski definition) is 2. The first-order valence-corrected chi connectivity index (χ1v) is 5.04. The normalized spacial score (nSPS) is 15.1. The van der Waals surface area contributed by atoms with Crippen molar-refractivity contribution in [3.05, 3.63) is 29.6 Å². The molecule has 0 saturated carbocycles. The quantitative estimate of drug-likeness (QED) is 0.747. The monoisotopic (exact) mass is 215 g/mol. The number of aliphatic hydroxyl groups excluding tert-OH is 2. The molecule has 14 heavy (non-hydrogen) atoms. The maximum atomic E-state index is 9.75. The van der Waals surface area contributed by atoms with Gasteiger partial charge in [0.15, 0.2) is 0 Å². The molecule has 1 aromatic heterocycles. The number of nitrogens with zero attached hydrogens (tertiary/aromatic N) is 1. The SMILES string of the molecule is Cc1ncccc1C(O)C(O)CCCl. The van der Waals surface area contributed by atoms with Crippen LogP contribution in [0.3, 0.4) is 0 Å². The molecule has 3 nitrogen and oxygen atoms in total. The zero-order chi connectivity index (χ0) is 10.6. The Kier molecular flexibility index (Phi) is 4.32. The number of rotatable bonds is 4. The van der Waals surface area contributed by atoms with Gasteiger partial charge < -0.3 is 10.2 Å². The lowest BCUT2D eigenvalue weighted by molar-refractivity contribution is 0.0164. The van der Waals surface area contributed by atoms with Crippen LogP contribution in [0.1, 0.15) is 23.8 Å². The Morgan fingerprint density at radius 3 is 2.79 bits per heavy atom. The van der Waals surface area contributed by atoms with Crippen LogP contribution in [0.4, 0.5) is 0 Å². The van der Waals surface area contributed by atoms with Crippen LogP contribution in [0.2, 0.25) is 0 Å². The number of alkyl halides is 1. The second kappa shape index (κ2) is 5.29. The van der Waals surface area contributed by atoms with Crippen molar-refractivity contribution in [2.75, 3.05) is 5.88 Å². The summed E-state index contributed by atoms with van der Waals surface area (Å²) >= 11 is 5.48. The van der Waals surface area contributed by atoms with Gasteiger partial charge in [-0.2, -0.15) is 0 Å². The van der Waals surface area contributed by atoms with Crippen molar-refractivity contribution in [2.45, 2.75) is 25.6 Å². The number of aromatic nitrogens is 1. The highest BCUT2D eigenvalue weighted by atomic mass is 35.5. The molecule has 2 atom stereocenters. The van der Waals surface area contributed by atoms with E-state index in [2.05, 4.69) is 4.98 Å². The molecule has 1 heterocycles. The number of aryl methyl sites for hydroxylation is 1. The van der Waals surface area contributed by atoms with Crippen LogP contribution in [0.25, 0.3) is 0 Å². The smallest absolute Gasteiger partial charge is 0.107 e. The van der Waals surface area contributed by atoms with Gasteiger partial charge in [-0.1, -0.05) is 6.07 Å². The summed E-state index contributed by atoms with van der Waals surface area (Å²) in [6.45, 7) is 1.80. The fourth-order valence-electron chi connectivity index (χ4n) is 1.29. The highest BCUT2D eigenvalue weighted by Crippen LogP contribution is 2.20. The van der Waals surface area contributed by atoms with Crippen LogP contribution in [0.5, 0.6) is 0 Å². The highest BCUT2D eigenvalue weighted by Gasteiger charge is 2.19. The Bertz CT molecular complexity index is 293. The van der Waals surface area contributed by atoms with E-state index in [-0.39, 0.29) is 0 Å². The summed E-state index contributed by atoms with van der Waals surface area (Å²) in [5, 5.41) is 19.3. The first-order valence-electron chi connectivity index (χ1n) is 4.50. The summed E-state index contributed by atoms with van der Waals surface area (Å²) in [6, 6.07) is 3.49. The van der Waals surface area contributed by atoms with Gasteiger partial charge in [0.2, 0.25) is 0 Å². The maximum Gasteiger partial charge on any atom is 0.107 e. The van der Waals surface area contributed by atoms with E-state index < -0.39 is 12.2 Å². The van der Waals surface area contributed by atoms with Gasteiger partial charge >= 0.3 is 0 Å². The minimum absolute atomic E-state index is 0.331. The fraction of sp³-hybridized carbons (Fsp3) is 0.500. The molecular formula is C10H14ClNO2. The van der Waals surface area contributed by atoms with E-state index in [1.807, 2.05) is 0 Å². The lowest BCUT2D eigenvalue weighted by Gasteiger charge is -2.18. The van der Waals surface area contributed by atoms with E-state index >= 15 is 0 Å². The van der Waals surface area contributed by atoms with Crippen molar-refractivity contribution in [3.63, 3.8) is 0 Å². The zero-order valence-corrected chi connectivity index (χ0v) is 8.78. The number of hydrogen-bond acceptors (Lipinski definition) is 3. The van der Waals surface area contributed by atoms with Crippen molar-refractivity contribution in [3.8, 4) is 0 Å². The van der Waals surface area contributed by atoms with Gasteiger partial charge in [0, 0.05) is 23.3 Å². The Hall–Kier alpha value is -0.640. The summed E-state index contributed by atoms with van der Waals surface area (Å²) in [4.78, 5) is 4.04. The summed E-state index contributed by atoms with van der Waals surface area (Å²) < 4.78 is 0. The van der Waals surface area contributed by atoms with Crippen LogP contribution in [0, 0.1) is 6.92 Å². The minimum Gasteiger partial charge on any atom is -0.390 e. The molecule has 0 spiro atoms. The minimum atomic E-state index is -0.901. The topological polar surface area (TPSA) is 53.4 Å². The molecule has 2 unspecified atom stereocenters. The fourth-order valence-corrected chi connectivity index (χ4v) is 1.51. The molecule has 78 valence electrons.